The Kier molecular flexibility index (Phi) is 2.43. The number of fused-ring (bicyclic) bond motifs is 1. The van der Waals surface area contributed by atoms with Crippen molar-refractivity contribution >= 4 is 5.52 Å². The van der Waals surface area contributed by atoms with Crippen LogP contribution in [0.2, 0.25) is 0 Å². The first-order valence-electron chi connectivity index (χ1n) is 6.29. The van der Waals surface area contributed by atoms with Crippen molar-refractivity contribution in [1.82, 2.24) is 9.38 Å². The second kappa shape index (κ2) is 3.93. The standard InChI is InChI=1S/C14H18N2/c1-11-10-16-9-5-8-13(16)14(15-11)12-6-3-2-4-7-12/h5,8-10,12H,2-4,6-7H2,1H3. The monoisotopic (exact) mass is 214 g/mol. The third-order valence-electron chi connectivity index (χ3n) is 3.66. The van der Waals surface area contributed by atoms with Crippen LogP contribution >= 0.6 is 0 Å². The van der Waals surface area contributed by atoms with Crippen LogP contribution < -0.4 is 0 Å². The Labute approximate surface area is 96.3 Å². The number of aromatic nitrogens is 2. The molecule has 0 atom stereocenters. The highest BCUT2D eigenvalue weighted by Crippen LogP contribution is 2.33. The average Bonchev–Trinajstić information content (AvgIpc) is 2.77. The van der Waals surface area contributed by atoms with Crippen LogP contribution in [-0.2, 0) is 0 Å². The highest BCUT2D eigenvalue weighted by Gasteiger charge is 2.19. The maximum absolute atomic E-state index is 4.78. The Bertz CT molecular complexity index is 492. The summed E-state index contributed by atoms with van der Waals surface area (Å²) in [7, 11) is 0. The van der Waals surface area contributed by atoms with Crippen LogP contribution in [0.15, 0.2) is 24.5 Å². The van der Waals surface area contributed by atoms with Gasteiger partial charge in [0.15, 0.2) is 0 Å². The van der Waals surface area contributed by atoms with E-state index in [2.05, 4.69) is 35.9 Å². The first-order chi connectivity index (χ1) is 7.84. The van der Waals surface area contributed by atoms with Crippen molar-refractivity contribution < 1.29 is 0 Å². The number of hydrogen-bond donors (Lipinski definition) is 0. The second-order valence-electron chi connectivity index (χ2n) is 4.90. The lowest BCUT2D eigenvalue weighted by molar-refractivity contribution is 0.437. The lowest BCUT2D eigenvalue weighted by atomic mass is 9.86. The van der Waals surface area contributed by atoms with E-state index in [1.165, 1.54) is 43.3 Å². The molecule has 0 radical (unpaired) electrons. The van der Waals surface area contributed by atoms with E-state index in [4.69, 9.17) is 4.98 Å². The molecule has 2 nitrogen and oxygen atoms in total. The van der Waals surface area contributed by atoms with Crippen molar-refractivity contribution in [3.05, 3.63) is 35.9 Å². The van der Waals surface area contributed by atoms with Crippen LogP contribution in [0.1, 0.15) is 49.4 Å². The van der Waals surface area contributed by atoms with Gasteiger partial charge in [0.25, 0.3) is 0 Å². The molecule has 3 rings (SSSR count). The summed E-state index contributed by atoms with van der Waals surface area (Å²) in [4.78, 5) is 4.78. The molecule has 0 unspecified atom stereocenters. The minimum absolute atomic E-state index is 0.686. The predicted octanol–water partition coefficient (Wildman–Crippen LogP) is 3.69. The molecule has 0 aliphatic heterocycles. The molecule has 0 bridgehead atoms. The summed E-state index contributed by atoms with van der Waals surface area (Å²) < 4.78 is 2.21. The third kappa shape index (κ3) is 1.62. The zero-order valence-electron chi connectivity index (χ0n) is 9.82. The Morgan fingerprint density at radius 3 is 2.88 bits per heavy atom. The van der Waals surface area contributed by atoms with Crippen LogP contribution in [-0.4, -0.2) is 9.38 Å². The highest BCUT2D eigenvalue weighted by molar-refractivity contribution is 5.54. The van der Waals surface area contributed by atoms with E-state index in [0.717, 1.165) is 5.69 Å². The molecule has 16 heavy (non-hydrogen) atoms. The molecule has 0 saturated heterocycles. The molecule has 2 heteroatoms. The summed E-state index contributed by atoms with van der Waals surface area (Å²) in [6.07, 6.45) is 11.0. The first kappa shape index (κ1) is 9.88. The molecule has 1 fully saturated rings. The summed E-state index contributed by atoms with van der Waals surface area (Å²) in [5.41, 5.74) is 3.76. The van der Waals surface area contributed by atoms with Crippen molar-refractivity contribution in [2.45, 2.75) is 44.9 Å². The lowest BCUT2D eigenvalue weighted by Gasteiger charge is -2.22. The maximum atomic E-state index is 4.78. The second-order valence-corrected chi connectivity index (χ2v) is 4.90. The van der Waals surface area contributed by atoms with E-state index in [1.807, 2.05) is 0 Å². The molecule has 0 amide bonds. The van der Waals surface area contributed by atoms with E-state index in [0.29, 0.717) is 5.92 Å². The zero-order valence-corrected chi connectivity index (χ0v) is 9.82. The summed E-state index contributed by atoms with van der Waals surface area (Å²) in [5.74, 6) is 0.686. The minimum atomic E-state index is 0.686. The maximum Gasteiger partial charge on any atom is 0.0678 e. The van der Waals surface area contributed by atoms with Gasteiger partial charge in [-0.15, -0.1) is 0 Å². The molecular formula is C14H18N2. The van der Waals surface area contributed by atoms with Gasteiger partial charge in [0.2, 0.25) is 0 Å². The predicted molar refractivity (Wildman–Crippen MR) is 65.8 cm³/mol. The number of hydrogen-bond acceptors (Lipinski definition) is 1. The Balaban J connectivity index is 2.09. The topological polar surface area (TPSA) is 17.3 Å². The van der Waals surface area contributed by atoms with Gasteiger partial charge in [0, 0.05) is 18.3 Å². The molecule has 84 valence electrons. The van der Waals surface area contributed by atoms with Crippen molar-refractivity contribution in [3.63, 3.8) is 0 Å². The Morgan fingerprint density at radius 1 is 1.25 bits per heavy atom. The van der Waals surface area contributed by atoms with E-state index < -0.39 is 0 Å². The smallest absolute Gasteiger partial charge is 0.0678 e. The van der Waals surface area contributed by atoms with Gasteiger partial charge in [-0.25, -0.2) is 0 Å². The van der Waals surface area contributed by atoms with Gasteiger partial charge in [0.1, 0.15) is 0 Å². The van der Waals surface area contributed by atoms with Crippen LogP contribution in [0.25, 0.3) is 5.52 Å². The van der Waals surface area contributed by atoms with Crippen LogP contribution in [0, 0.1) is 6.92 Å². The molecular weight excluding hydrogens is 196 g/mol. The molecule has 0 spiro atoms. The SMILES string of the molecule is Cc1cn2cccc2c(C2CCCCC2)n1. The van der Waals surface area contributed by atoms with Crippen molar-refractivity contribution in [1.29, 1.82) is 0 Å². The molecule has 1 aliphatic rings. The normalized spacial score (nSPS) is 18.1. The van der Waals surface area contributed by atoms with Crippen LogP contribution in [0.3, 0.4) is 0 Å². The molecule has 2 heterocycles. The number of aryl methyl sites for hydroxylation is 1. The van der Waals surface area contributed by atoms with E-state index in [-0.39, 0.29) is 0 Å². The van der Waals surface area contributed by atoms with Gasteiger partial charge in [-0.3, -0.25) is 4.98 Å². The van der Waals surface area contributed by atoms with Gasteiger partial charge in [-0.1, -0.05) is 19.3 Å². The van der Waals surface area contributed by atoms with Gasteiger partial charge >= 0.3 is 0 Å². The number of nitrogens with zero attached hydrogens (tertiary/aromatic N) is 2. The van der Waals surface area contributed by atoms with Crippen molar-refractivity contribution in [2.24, 2.45) is 0 Å². The molecule has 1 saturated carbocycles. The van der Waals surface area contributed by atoms with Gasteiger partial charge in [0.05, 0.1) is 16.9 Å². The number of rotatable bonds is 1. The van der Waals surface area contributed by atoms with E-state index >= 15 is 0 Å². The average molecular weight is 214 g/mol. The quantitative estimate of drug-likeness (QED) is 0.707. The summed E-state index contributed by atoms with van der Waals surface area (Å²) >= 11 is 0. The van der Waals surface area contributed by atoms with Crippen molar-refractivity contribution in [2.75, 3.05) is 0 Å². The molecule has 2 aromatic rings. The summed E-state index contributed by atoms with van der Waals surface area (Å²) in [6.45, 7) is 2.09. The Hall–Kier alpha value is -1.31. The van der Waals surface area contributed by atoms with Crippen LogP contribution in [0.4, 0.5) is 0 Å². The fraction of sp³-hybridized carbons (Fsp3) is 0.500. The molecule has 1 aliphatic carbocycles. The molecule has 2 aromatic heterocycles. The van der Waals surface area contributed by atoms with E-state index in [9.17, 15) is 0 Å². The largest absolute Gasteiger partial charge is 0.320 e. The van der Waals surface area contributed by atoms with Crippen molar-refractivity contribution in [3.8, 4) is 0 Å². The summed E-state index contributed by atoms with van der Waals surface area (Å²) in [6, 6.07) is 4.30. The fourth-order valence-electron chi connectivity index (χ4n) is 2.88. The van der Waals surface area contributed by atoms with Gasteiger partial charge < -0.3 is 4.40 Å². The minimum Gasteiger partial charge on any atom is -0.320 e. The molecule has 0 N–H and O–H groups in total. The lowest BCUT2D eigenvalue weighted by Crippen LogP contribution is -2.09. The van der Waals surface area contributed by atoms with Crippen LogP contribution in [0.5, 0.6) is 0 Å². The Morgan fingerprint density at radius 2 is 2.06 bits per heavy atom. The molecule has 0 aromatic carbocycles. The van der Waals surface area contributed by atoms with Gasteiger partial charge in [-0.2, -0.15) is 0 Å². The highest BCUT2D eigenvalue weighted by atomic mass is 14.9. The van der Waals surface area contributed by atoms with Gasteiger partial charge in [-0.05, 0) is 31.9 Å². The fourth-order valence-corrected chi connectivity index (χ4v) is 2.88. The zero-order chi connectivity index (χ0) is 11.0. The summed E-state index contributed by atoms with van der Waals surface area (Å²) in [5, 5.41) is 0. The first-order valence-corrected chi connectivity index (χ1v) is 6.29. The third-order valence-corrected chi connectivity index (χ3v) is 3.66. The van der Waals surface area contributed by atoms with E-state index in [1.54, 1.807) is 0 Å².